The van der Waals surface area contributed by atoms with Crippen molar-refractivity contribution in [3.05, 3.63) is 40.5 Å². The number of pyridine rings is 1. The first-order chi connectivity index (χ1) is 7.65. The SMILES string of the molecule is O=C1OC(=O)c2nc3ccc(Cl)cc3cc21. The highest BCUT2D eigenvalue weighted by Gasteiger charge is 2.31. The van der Waals surface area contributed by atoms with Gasteiger partial charge in [-0.05, 0) is 24.3 Å². The molecule has 0 radical (unpaired) electrons. The highest BCUT2D eigenvalue weighted by molar-refractivity contribution is 6.31. The van der Waals surface area contributed by atoms with Crippen LogP contribution in [0.4, 0.5) is 0 Å². The second-order valence-electron chi connectivity index (χ2n) is 3.40. The number of aromatic nitrogens is 1. The van der Waals surface area contributed by atoms with Crippen molar-refractivity contribution in [1.29, 1.82) is 0 Å². The largest absolute Gasteiger partial charge is 0.384 e. The number of nitrogens with zero attached hydrogens (tertiary/aromatic N) is 1. The summed E-state index contributed by atoms with van der Waals surface area (Å²) in [5.41, 5.74) is 0.870. The molecule has 1 aromatic carbocycles. The molecule has 0 amide bonds. The van der Waals surface area contributed by atoms with Crippen LogP contribution in [0.5, 0.6) is 0 Å². The Morgan fingerprint density at radius 3 is 2.75 bits per heavy atom. The molecule has 2 aromatic rings. The summed E-state index contributed by atoms with van der Waals surface area (Å²) in [7, 11) is 0. The smallest absolute Gasteiger partial charge is 0.365 e. The van der Waals surface area contributed by atoms with Crippen molar-refractivity contribution in [2.24, 2.45) is 0 Å². The van der Waals surface area contributed by atoms with E-state index in [1.54, 1.807) is 24.3 Å². The summed E-state index contributed by atoms with van der Waals surface area (Å²) >= 11 is 5.82. The maximum absolute atomic E-state index is 11.3. The molecule has 4 nitrogen and oxygen atoms in total. The van der Waals surface area contributed by atoms with E-state index in [1.165, 1.54) is 0 Å². The van der Waals surface area contributed by atoms with E-state index in [1.807, 2.05) is 0 Å². The zero-order valence-corrected chi connectivity index (χ0v) is 8.62. The van der Waals surface area contributed by atoms with Gasteiger partial charge in [-0.25, -0.2) is 14.6 Å². The molecule has 0 bridgehead atoms. The Morgan fingerprint density at radius 1 is 1.12 bits per heavy atom. The number of ether oxygens (including phenoxy) is 1. The van der Waals surface area contributed by atoms with Crippen LogP contribution in [0, 0.1) is 0 Å². The first-order valence-corrected chi connectivity index (χ1v) is 4.90. The molecule has 0 saturated carbocycles. The Morgan fingerprint density at radius 2 is 1.94 bits per heavy atom. The molecule has 3 rings (SSSR count). The third kappa shape index (κ3) is 1.20. The highest BCUT2D eigenvalue weighted by atomic mass is 35.5. The monoisotopic (exact) mass is 233 g/mol. The van der Waals surface area contributed by atoms with Gasteiger partial charge in [-0.3, -0.25) is 0 Å². The summed E-state index contributed by atoms with van der Waals surface area (Å²) in [5, 5.41) is 1.25. The predicted molar refractivity (Wildman–Crippen MR) is 56.5 cm³/mol. The van der Waals surface area contributed by atoms with Crippen LogP contribution < -0.4 is 0 Å². The van der Waals surface area contributed by atoms with E-state index in [0.29, 0.717) is 15.9 Å². The molecular weight excluding hydrogens is 230 g/mol. The summed E-state index contributed by atoms with van der Waals surface area (Å²) in [6.45, 7) is 0. The maximum Gasteiger partial charge on any atom is 0.365 e. The predicted octanol–water partition coefficient (Wildman–Crippen LogP) is 2.20. The number of cyclic esters (lactones) is 2. The molecule has 2 heterocycles. The Labute approximate surface area is 94.8 Å². The van der Waals surface area contributed by atoms with Crippen LogP contribution in [0.25, 0.3) is 10.9 Å². The van der Waals surface area contributed by atoms with Crippen molar-refractivity contribution in [2.45, 2.75) is 0 Å². The molecule has 1 aliphatic rings. The number of esters is 2. The Bertz CT molecular complexity index is 651. The van der Waals surface area contributed by atoms with Crippen LogP contribution in [-0.4, -0.2) is 16.9 Å². The molecule has 78 valence electrons. The lowest BCUT2D eigenvalue weighted by Crippen LogP contribution is -1.98. The number of halogens is 1. The first-order valence-electron chi connectivity index (χ1n) is 4.52. The van der Waals surface area contributed by atoms with E-state index in [-0.39, 0.29) is 11.3 Å². The van der Waals surface area contributed by atoms with Crippen molar-refractivity contribution in [3.63, 3.8) is 0 Å². The quantitative estimate of drug-likeness (QED) is 0.517. The number of rotatable bonds is 0. The van der Waals surface area contributed by atoms with E-state index in [0.717, 1.165) is 0 Å². The van der Waals surface area contributed by atoms with Gasteiger partial charge in [-0.2, -0.15) is 0 Å². The summed E-state index contributed by atoms with van der Waals surface area (Å²) in [5.74, 6) is -1.36. The second kappa shape index (κ2) is 3.02. The lowest BCUT2D eigenvalue weighted by atomic mass is 10.1. The summed E-state index contributed by atoms with van der Waals surface area (Å²) in [4.78, 5) is 26.6. The number of benzene rings is 1. The Hall–Kier alpha value is -1.94. The number of fused-ring (bicyclic) bond motifs is 2. The van der Waals surface area contributed by atoms with Gasteiger partial charge in [0.1, 0.15) is 0 Å². The van der Waals surface area contributed by atoms with Crippen LogP contribution in [0.1, 0.15) is 20.8 Å². The van der Waals surface area contributed by atoms with Gasteiger partial charge < -0.3 is 4.74 Å². The fourth-order valence-electron chi connectivity index (χ4n) is 1.65. The van der Waals surface area contributed by atoms with Crippen LogP contribution >= 0.6 is 11.6 Å². The number of carbonyl (C=O) groups excluding carboxylic acids is 2. The second-order valence-corrected chi connectivity index (χ2v) is 3.83. The van der Waals surface area contributed by atoms with Gasteiger partial charge in [0.2, 0.25) is 0 Å². The fraction of sp³-hybridized carbons (Fsp3) is 0. The molecule has 0 N–H and O–H groups in total. The van der Waals surface area contributed by atoms with E-state index >= 15 is 0 Å². The highest BCUT2D eigenvalue weighted by Crippen LogP contribution is 2.25. The zero-order chi connectivity index (χ0) is 11.3. The third-order valence-corrected chi connectivity index (χ3v) is 2.61. The molecule has 0 spiro atoms. The van der Waals surface area contributed by atoms with Crippen molar-refractivity contribution in [3.8, 4) is 0 Å². The van der Waals surface area contributed by atoms with Gasteiger partial charge in [0.15, 0.2) is 5.69 Å². The lowest BCUT2D eigenvalue weighted by molar-refractivity contribution is 0.0441. The van der Waals surface area contributed by atoms with Crippen LogP contribution in [0.3, 0.4) is 0 Å². The van der Waals surface area contributed by atoms with Crippen LogP contribution in [0.2, 0.25) is 5.02 Å². The number of hydrogen-bond acceptors (Lipinski definition) is 4. The van der Waals surface area contributed by atoms with Gasteiger partial charge in [0.05, 0.1) is 11.1 Å². The van der Waals surface area contributed by atoms with Crippen molar-refractivity contribution in [1.82, 2.24) is 4.98 Å². The molecule has 0 aliphatic carbocycles. The minimum absolute atomic E-state index is 0.0693. The van der Waals surface area contributed by atoms with E-state index in [4.69, 9.17) is 11.6 Å². The Balaban J connectivity index is 2.38. The maximum atomic E-state index is 11.3. The molecule has 5 heteroatoms. The molecule has 1 aromatic heterocycles. The van der Waals surface area contributed by atoms with Crippen molar-refractivity contribution in [2.75, 3.05) is 0 Å². The molecule has 1 aliphatic heterocycles. The molecule has 0 atom stereocenters. The van der Waals surface area contributed by atoms with Crippen molar-refractivity contribution < 1.29 is 14.3 Å². The van der Waals surface area contributed by atoms with Crippen LogP contribution in [-0.2, 0) is 4.74 Å². The van der Waals surface area contributed by atoms with Crippen LogP contribution in [0.15, 0.2) is 24.3 Å². The average molecular weight is 234 g/mol. The zero-order valence-electron chi connectivity index (χ0n) is 7.86. The van der Waals surface area contributed by atoms with E-state index in [9.17, 15) is 9.59 Å². The van der Waals surface area contributed by atoms with Gasteiger partial charge in [-0.1, -0.05) is 11.6 Å². The normalized spacial score (nSPS) is 14.1. The molecule has 0 saturated heterocycles. The summed E-state index contributed by atoms with van der Waals surface area (Å²) in [6, 6.07) is 6.61. The third-order valence-electron chi connectivity index (χ3n) is 2.38. The average Bonchev–Trinajstić information content (AvgIpc) is 2.52. The van der Waals surface area contributed by atoms with Gasteiger partial charge in [0.25, 0.3) is 0 Å². The van der Waals surface area contributed by atoms with E-state index in [2.05, 4.69) is 9.72 Å². The fourth-order valence-corrected chi connectivity index (χ4v) is 1.83. The first kappa shape index (κ1) is 9.30. The molecule has 0 unspecified atom stereocenters. The van der Waals surface area contributed by atoms with Gasteiger partial charge >= 0.3 is 11.9 Å². The summed E-state index contributed by atoms with van der Waals surface area (Å²) < 4.78 is 4.46. The number of hydrogen-bond donors (Lipinski definition) is 0. The number of carbonyl (C=O) groups is 2. The minimum atomic E-state index is -0.697. The summed E-state index contributed by atoms with van der Waals surface area (Å²) in [6.07, 6.45) is 0. The Kier molecular flexibility index (Phi) is 1.76. The van der Waals surface area contributed by atoms with E-state index < -0.39 is 11.9 Å². The van der Waals surface area contributed by atoms with Gasteiger partial charge in [-0.15, -0.1) is 0 Å². The van der Waals surface area contributed by atoms with Crippen molar-refractivity contribution >= 4 is 34.4 Å². The van der Waals surface area contributed by atoms with Gasteiger partial charge in [0, 0.05) is 10.4 Å². The lowest BCUT2D eigenvalue weighted by Gasteiger charge is -1.99. The topological polar surface area (TPSA) is 56.3 Å². The minimum Gasteiger partial charge on any atom is -0.384 e. The molecule has 0 fully saturated rings. The molecule has 16 heavy (non-hydrogen) atoms. The molecular formula is C11H4ClNO3. The standard InChI is InChI=1S/C11H4ClNO3/c12-6-1-2-8-5(3-6)4-7-9(13-8)11(15)16-10(7)14/h1-4H.